The van der Waals surface area contributed by atoms with Gasteiger partial charge in [0.1, 0.15) is 16.5 Å². The van der Waals surface area contributed by atoms with Crippen LogP contribution in [0.3, 0.4) is 0 Å². The number of hydrogen-bond donors (Lipinski definition) is 4. The zero-order chi connectivity index (χ0) is 22.5. The van der Waals surface area contributed by atoms with E-state index in [4.69, 9.17) is 10.8 Å². The molecule has 2 aromatic heterocycles. The van der Waals surface area contributed by atoms with Crippen LogP contribution in [0.5, 0.6) is 0 Å². The Morgan fingerprint density at radius 1 is 1.19 bits per heavy atom. The van der Waals surface area contributed by atoms with Crippen molar-refractivity contribution in [2.45, 2.75) is 38.1 Å². The molecule has 8 nitrogen and oxygen atoms in total. The van der Waals surface area contributed by atoms with Gasteiger partial charge < -0.3 is 21.1 Å². The SMILES string of the molecule is NC[C@H]1CC[C@H](C(=O)N[C@@H](Cc2ccccc2)c2nc(-c3nc(C(=O)O)cs3)c[nH]2)CC1. The van der Waals surface area contributed by atoms with Gasteiger partial charge in [0.15, 0.2) is 5.69 Å². The Bertz CT molecular complexity index is 1060. The second-order valence-corrected chi connectivity index (χ2v) is 9.08. The van der Waals surface area contributed by atoms with Crippen molar-refractivity contribution in [2.75, 3.05) is 6.54 Å². The van der Waals surface area contributed by atoms with Crippen molar-refractivity contribution in [1.29, 1.82) is 0 Å². The van der Waals surface area contributed by atoms with E-state index in [-0.39, 0.29) is 23.6 Å². The van der Waals surface area contributed by atoms with Gasteiger partial charge in [0.2, 0.25) is 5.91 Å². The first kappa shape index (κ1) is 22.2. The normalized spacial score (nSPS) is 19.4. The van der Waals surface area contributed by atoms with Crippen LogP contribution in [0.4, 0.5) is 0 Å². The van der Waals surface area contributed by atoms with Crippen molar-refractivity contribution in [1.82, 2.24) is 20.3 Å². The Morgan fingerprint density at radius 2 is 1.94 bits per heavy atom. The highest BCUT2D eigenvalue weighted by atomic mass is 32.1. The molecule has 32 heavy (non-hydrogen) atoms. The molecular weight excluding hydrogens is 426 g/mol. The molecule has 0 aliphatic heterocycles. The van der Waals surface area contributed by atoms with Crippen LogP contribution in [-0.2, 0) is 11.2 Å². The highest BCUT2D eigenvalue weighted by Gasteiger charge is 2.28. The molecule has 3 aromatic rings. The molecule has 0 radical (unpaired) electrons. The van der Waals surface area contributed by atoms with Crippen LogP contribution < -0.4 is 11.1 Å². The maximum absolute atomic E-state index is 13.1. The van der Waals surface area contributed by atoms with E-state index < -0.39 is 5.97 Å². The summed E-state index contributed by atoms with van der Waals surface area (Å²) in [6.45, 7) is 0.681. The topological polar surface area (TPSA) is 134 Å². The summed E-state index contributed by atoms with van der Waals surface area (Å²) in [5.74, 6) is 0.104. The number of hydrogen-bond acceptors (Lipinski definition) is 6. The minimum absolute atomic E-state index is 0.00299. The lowest BCUT2D eigenvalue weighted by molar-refractivity contribution is -0.127. The van der Waals surface area contributed by atoms with Gasteiger partial charge in [0.05, 0.1) is 6.04 Å². The number of nitrogens with one attached hydrogen (secondary N) is 2. The Morgan fingerprint density at radius 3 is 2.59 bits per heavy atom. The summed E-state index contributed by atoms with van der Waals surface area (Å²) < 4.78 is 0. The fraction of sp³-hybridized carbons (Fsp3) is 0.391. The molecule has 1 aliphatic carbocycles. The van der Waals surface area contributed by atoms with E-state index in [0.717, 1.165) is 31.2 Å². The molecule has 1 atom stereocenters. The summed E-state index contributed by atoms with van der Waals surface area (Å²) in [7, 11) is 0. The van der Waals surface area contributed by atoms with Gasteiger partial charge in [-0.25, -0.2) is 14.8 Å². The third-order valence-corrected chi connectivity index (χ3v) is 6.88. The molecule has 1 fully saturated rings. The molecule has 0 unspecified atom stereocenters. The second kappa shape index (κ2) is 10.1. The van der Waals surface area contributed by atoms with Crippen molar-refractivity contribution < 1.29 is 14.7 Å². The first-order chi connectivity index (χ1) is 15.5. The Labute approximate surface area is 190 Å². The van der Waals surface area contributed by atoms with Crippen LogP contribution in [0.1, 0.15) is 53.6 Å². The Kier molecular flexibility index (Phi) is 6.96. The summed E-state index contributed by atoms with van der Waals surface area (Å²) >= 11 is 1.23. The maximum atomic E-state index is 13.1. The summed E-state index contributed by atoms with van der Waals surface area (Å²) in [5.41, 5.74) is 7.43. The predicted molar refractivity (Wildman–Crippen MR) is 122 cm³/mol. The number of carboxylic acids is 1. The molecule has 5 N–H and O–H groups in total. The number of nitrogens with zero attached hydrogens (tertiary/aromatic N) is 2. The zero-order valence-electron chi connectivity index (χ0n) is 17.7. The van der Waals surface area contributed by atoms with Crippen molar-refractivity contribution in [2.24, 2.45) is 17.6 Å². The summed E-state index contributed by atoms with van der Waals surface area (Å²) in [6, 6.07) is 9.62. The summed E-state index contributed by atoms with van der Waals surface area (Å²) in [4.78, 5) is 36.1. The number of amides is 1. The van der Waals surface area contributed by atoms with Crippen LogP contribution in [0.15, 0.2) is 41.9 Å². The van der Waals surface area contributed by atoms with E-state index in [9.17, 15) is 9.59 Å². The summed E-state index contributed by atoms with van der Waals surface area (Å²) in [6.07, 6.45) is 5.97. The van der Waals surface area contributed by atoms with Crippen LogP contribution >= 0.6 is 11.3 Å². The van der Waals surface area contributed by atoms with Crippen molar-refractivity contribution in [3.05, 3.63) is 59.0 Å². The monoisotopic (exact) mass is 453 g/mol. The van der Waals surface area contributed by atoms with E-state index in [1.807, 2.05) is 30.3 Å². The number of thiazole rings is 1. The lowest BCUT2D eigenvalue weighted by Gasteiger charge is -2.28. The number of carbonyl (C=O) groups is 2. The molecule has 1 aliphatic rings. The van der Waals surface area contributed by atoms with Gasteiger partial charge in [-0.1, -0.05) is 30.3 Å². The van der Waals surface area contributed by atoms with E-state index in [2.05, 4.69) is 20.3 Å². The van der Waals surface area contributed by atoms with Gasteiger partial charge in [-0.15, -0.1) is 11.3 Å². The molecule has 0 spiro atoms. The van der Waals surface area contributed by atoms with Gasteiger partial charge in [-0.05, 0) is 50.1 Å². The van der Waals surface area contributed by atoms with Crippen molar-refractivity contribution >= 4 is 23.2 Å². The Balaban J connectivity index is 1.52. The van der Waals surface area contributed by atoms with Crippen LogP contribution in [-0.4, -0.2) is 38.5 Å². The molecule has 9 heteroatoms. The number of H-pyrrole nitrogens is 1. The highest BCUT2D eigenvalue weighted by Crippen LogP contribution is 2.30. The van der Waals surface area contributed by atoms with E-state index in [1.165, 1.54) is 16.7 Å². The van der Waals surface area contributed by atoms with E-state index in [1.54, 1.807) is 6.20 Å². The van der Waals surface area contributed by atoms with Crippen molar-refractivity contribution in [3.63, 3.8) is 0 Å². The highest BCUT2D eigenvalue weighted by molar-refractivity contribution is 7.13. The number of carboxylic acid groups (broad SMARTS) is 1. The minimum Gasteiger partial charge on any atom is -0.476 e. The summed E-state index contributed by atoms with van der Waals surface area (Å²) in [5, 5.41) is 14.3. The van der Waals surface area contributed by atoms with E-state index in [0.29, 0.717) is 35.4 Å². The predicted octanol–water partition coefficient (Wildman–Crippen LogP) is 3.40. The van der Waals surface area contributed by atoms with Crippen molar-refractivity contribution in [3.8, 4) is 10.7 Å². The first-order valence-corrected chi connectivity index (χ1v) is 11.7. The molecule has 2 heterocycles. The number of imidazole rings is 1. The molecule has 0 saturated heterocycles. The molecule has 168 valence electrons. The largest absolute Gasteiger partial charge is 0.476 e. The fourth-order valence-corrected chi connectivity index (χ4v) is 4.88. The van der Waals surface area contributed by atoms with E-state index >= 15 is 0 Å². The quantitative estimate of drug-likeness (QED) is 0.413. The third kappa shape index (κ3) is 5.23. The van der Waals surface area contributed by atoms with Gasteiger partial charge in [-0.2, -0.15) is 0 Å². The minimum atomic E-state index is -1.07. The number of aromatic carboxylic acids is 1. The number of rotatable bonds is 8. The number of nitrogens with two attached hydrogens (primary N) is 1. The lowest BCUT2D eigenvalue weighted by atomic mass is 9.81. The average molecular weight is 454 g/mol. The molecule has 1 saturated carbocycles. The van der Waals surface area contributed by atoms with Gasteiger partial charge >= 0.3 is 5.97 Å². The maximum Gasteiger partial charge on any atom is 0.355 e. The molecule has 4 rings (SSSR count). The molecule has 0 bridgehead atoms. The molecular formula is C23H27N5O3S. The molecule has 1 aromatic carbocycles. The lowest BCUT2D eigenvalue weighted by Crippen LogP contribution is -2.37. The first-order valence-electron chi connectivity index (χ1n) is 10.8. The smallest absolute Gasteiger partial charge is 0.355 e. The van der Waals surface area contributed by atoms with Crippen LogP contribution in [0, 0.1) is 11.8 Å². The van der Waals surface area contributed by atoms with Gasteiger partial charge in [0, 0.05) is 17.5 Å². The number of carbonyl (C=O) groups excluding carboxylic acids is 1. The fourth-order valence-electron chi connectivity index (χ4n) is 4.13. The zero-order valence-corrected chi connectivity index (χ0v) is 18.5. The van der Waals surface area contributed by atoms with Crippen LogP contribution in [0.25, 0.3) is 10.7 Å². The Hall–Kier alpha value is -3.04. The average Bonchev–Trinajstić information content (AvgIpc) is 3.49. The number of benzene rings is 1. The second-order valence-electron chi connectivity index (χ2n) is 8.22. The van der Waals surface area contributed by atoms with Gasteiger partial charge in [0.25, 0.3) is 0 Å². The number of aromatic nitrogens is 3. The standard InChI is InChI=1S/C23H27N5O3S/c24-11-15-6-8-16(9-7-15)21(29)27-17(10-14-4-2-1-3-5-14)20-25-12-18(26-20)22-28-19(13-32-22)23(30)31/h1-5,12-13,15-17H,6-11,24H2,(H,25,26)(H,27,29)(H,30,31)/t15-,16-,17-/m0/s1. The molecule has 1 amide bonds. The number of aromatic amines is 1. The van der Waals surface area contributed by atoms with Crippen LogP contribution in [0.2, 0.25) is 0 Å². The van der Waals surface area contributed by atoms with Gasteiger partial charge in [-0.3, -0.25) is 4.79 Å². The third-order valence-electron chi connectivity index (χ3n) is 6.02.